The Morgan fingerprint density at radius 1 is 1.44 bits per heavy atom. The van der Waals surface area contributed by atoms with Crippen LogP contribution in [0.2, 0.25) is 0 Å². The van der Waals surface area contributed by atoms with Gasteiger partial charge in [-0.2, -0.15) is 5.10 Å². The highest BCUT2D eigenvalue weighted by Gasteiger charge is 2.13. The van der Waals surface area contributed by atoms with Crippen LogP contribution in [-0.2, 0) is 19.5 Å². The maximum absolute atomic E-state index is 13.9. The van der Waals surface area contributed by atoms with Gasteiger partial charge in [0.05, 0.1) is 11.9 Å². The van der Waals surface area contributed by atoms with Gasteiger partial charge in [-0.15, -0.1) is 11.6 Å². The van der Waals surface area contributed by atoms with Gasteiger partial charge in [0.2, 0.25) is 0 Å². The van der Waals surface area contributed by atoms with Crippen LogP contribution in [0.4, 0.5) is 10.1 Å². The van der Waals surface area contributed by atoms with E-state index >= 15 is 0 Å². The second-order valence-corrected chi connectivity index (χ2v) is 4.53. The molecule has 1 aromatic heterocycles. The number of anilines is 1. The summed E-state index contributed by atoms with van der Waals surface area (Å²) in [5.74, 6) is 0.0457. The van der Waals surface area contributed by atoms with E-state index in [2.05, 4.69) is 5.10 Å². The number of para-hydroxylation sites is 1. The zero-order valence-corrected chi connectivity index (χ0v) is 11.2. The standard InChI is InChI=1S/C13H15ClFN3/c1-17(8-10-7-16-18(2)9-10)13-11(6-14)4-3-5-12(13)15/h3-5,7,9H,6,8H2,1-2H3. The van der Waals surface area contributed by atoms with Crippen LogP contribution in [-0.4, -0.2) is 16.8 Å². The maximum Gasteiger partial charge on any atom is 0.146 e. The van der Waals surface area contributed by atoms with E-state index in [9.17, 15) is 4.39 Å². The van der Waals surface area contributed by atoms with Gasteiger partial charge in [-0.3, -0.25) is 4.68 Å². The van der Waals surface area contributed by atoms with E-state index < -0.39 is 0 Å². The molecule has 0 aliphatic heterocycles. The van der Waals surface area contributed by atoms with Crippen LogP contribution < -0.4 is 4.90 Å². The van der Waals surface area contributed by atoms with E-state index in [1.54, 1.807) is 16.9 Å². The quantitative estimate of drug-likeness (QED) is 0.794. The highest BCUT2D eigenvalue weighted by molar-refractivity contribution is 6.17. The Kier molecular flexibility index (Phi) is 3.87. The van der Waals surface area contributed by atoms with E-state index in [1.165, 1.54) is 6.07 Å². The summed E-state index contributed by atoms with van der Waals surface area (Å²) in [6.07, 6.45) is 3.69. The van der Waals surface area contributed by atoms with Crippen LogP contribution in [0, 0.1) is 5.82 Å². The first kappa shape index (κ1) is 12.9. The van der Waals surface area contributed by atoms with Crippen LogP contribution in [0.15, 0.2) is 30.6 Å². The predicted octanol–water partition coefficient (Wildman–Crippen LogP) is 2.93. The van der Waals surface area contributed by atoms with Crippen molar-refractivity contribution in [3.05, 3.63) is 47.5 Å². The lowest BCUT2D eigenvalue weighted by molar-refractivity contribution is 0.620. The largest absolute Gasteiger partial charge is 0.368 e. The van der Waals surface area contributed by atoms with E-state index in [1.807, 2.05) is 31.3 Å². The number of aryl methyl sites for hydroxylation is 1. The molecule has 96 valence electrons. The van der Waals surface area contributed by atoms with Crippen LogP contribution in [0.5, 0.6) is 0 Å². The molecule has 0 atom stereocenters. The second-order valence-electron chi connectivity index (χ2n) is 4.26. The first-order valence-electron chi connectivity index (χ1n) is 5.64. The van der Waals surface area contributed by atoms with Crippen molar-refractivity contribution < 1.29 is 4.39 Å². The fourth-order valence-corrected chi connectivity index (χ4v) is 2.22. The minimum absolute atomic E-state index is 0.250. The molecular weight excluding hydrogens is 253 g/mol. The fourth-order valence-electron chi connectivity index (χ4n) is 2.00. The van der Waals surface area contributed by atoms with Crippen molar-refractivity contribution in [2.45, 2.75) is 12.4 Å². The van der Waals surface area contributed by atoms with Crippen LogP contribution >= 0.6 is 11.6 Å². The van der Waals surface area contributed by atoms with Crippen molar-refractivity contribution in [1.82, 2.24) is 9.78 Å². The van der Waals surface area contributed by atoms with Gasteiger partial charge in [-0.05, 0) is 11.6 Å². The molecule has 0 saturated carbocycles. The Hall–Kier alpha value is -1.55. The SMILES string of the molecule is CN(Cc1cnn(C)c1)c1c(F)cccc1CCl. The molecule has 0 bridgehead atoms. The second kappa shape index (κ2) is 5.40. The van der Waals surface area contributed by atoms with Gasteiger partial charge in [0, 0.05) is 38.3 Å². The Balaban J connectivity index is 2.25. The average Bonchev–Trinajstić information content (AvgIpc) is 2.74. The van der Waals surface area contributed by atoms with Crippen molar-refractivity contribution in [2.24, 2.45) is 7.05 Å². The molecule has 1 heterocycles. The lowest BCUT2D eigenvalue weighted by Crippen LogP contribution is -2.19. The van der Waals surface area contributed by atoms with E-state index in [-0.39, 0.29) is 5.82 Å². The van der Waals surface area contributed by atoms with Crippen LogP contribution in [0.3, 0.4) is 0 Å². The molecule has 0 unspecified atom stereocenters. The lowest BCUT2D eigenvalue weighted by atomic mass is 10.1. The Labute approximate surface area is 111 Å². The summed E-state index contributed by atoms with van der Waals surface area (Å²) in [5, 5.41) is 4.10. The minimum Gasteiger partial charge on any atom is -0.368 e. The lowest BCUT2D eigenvalue weighted by Gasteiger charge is -2.21. The van der Waals surface area contributed by atoms with Gasteiger partial charge < -0.3 is 4.90 Å². The van der Waals surface area contributed by atoms with Crippen LogP contribution in [0.1, 0.15) is 11.1 Å². The zero-order chi connectivity index (χ0) is 13.1. The first-order chi connectivity index (χ1) is 8.61. The molecule has 0 fully saturated rings. The molecule has 0 spiro atoms. The Bertz CT molecular complexity index is 539. The molecule has 0 amide bonds. The third kappa shape index (κ3) is 2.64. The predicted molar refractivity (Wildman–Crippen MR) is 71.3 cm³/mol. The summed E-state index contributed by atoms with van der Waals surface area (Å²) in [6.45, 7) is 0.596. The van der Waals surface area contributed by atoms with E-state index in [4.69, 9.17) is 11.6 Å². The molecule has 0 radical (unpaired) electrons. The highest BCUT2D eigenvalue weighted by atomic mass is 35.5. The number of benzene rings is 1. The molecule has 18 heavy (non-hydrogen) atoms. The monoisotopic (exact) mass is 267 g/mol. The summed E-state index contributed by atoms with van der Waals surface area (Å²) in [5.41, 5.74) is 2.38. The van der Waals surface area contributed by atoms with Gasteiger partial charge in [-0.1, -0.05) is 12.1 Å². The maximum atomic E-state index is 13.9. The van der Waals surface area contributed by atoms with E-state index in [0.29, 0.717) is 18.1 Å². The molecule has 2 rings (SSSR count). The Morgan fingerprint density at radius 3 is 2.83 bits per heavy atom. The average molecular weight is 268 g/mol. The van der Waals surface area contributed by atoms with Crippen molar-refractivity contribution >= 4 is 17.3 Å². The number of rotatable bonds is 4. The smallest absolute Gasteiger partial charge is 0.146 e. The Morgan fingerprint density at radius 2 is 2.22 bits per heavy atom. The van der Waals surface area contributed by atoms with Crippen molar-refractivity contribution in [1.29, 1.82) is 0 Å². The summed E-state index contributed by atoms with van der Waals surface area (Å²) in [7, 11) is 3.71. The molecule has 0 saturated heterocycles. The summed E-state index contributed by atoms with van der Waals surface area (Å²) >= 11 is 5.85. The molecule has 0 aliphatic carbocycles. The molecular formula is C13H15ClFN3. The van der Waals surface area contributed by atoms with Crippen molar-refractivity contribution in [2.75, 3.05) is 11.9 Å². The molecule has 1 aromatic carbocycles. The topological polar surface area (TPSA) is 21.1 Å². The number of hydrogen-bond donors (Lipinski definition) is 0. The van der Waals surface area contributed by atoms with Gasteiger partial charge in [0.15, 0.2) is 0 Å². The normalized spacial score (nSPS) is 10.7. The molecule has 5 heteroatoms. The first-order valence-corrected chi connectivity index (χ1v) is 6.17. The molecule has 0 aliphatic rings. The van der Waals surface area contributed by atoms with E-state index in [0.717, 1.165) is 11.1 Å². The zero-order valence-electron chi connectivity index (χ0n) is 10.4. The summed E-state index contributed by atoms with van der Waals surface area (Å²) in [6, 6.07) is 4.96. The summed E-state index contributed by atoms with van der Waals surface area (Å²) in [4.78, 5) is 1.85. The van der Waals surface area contributed by atoms with Crippen molar-refractivity contribution in [3.63, 3.8) is 0 Å². The number of aromatic nitrogens is 2. The van der Waals surface area contributed by atoms with Gasteiger partial charge in [-0.25, -0.2) is 4.39 Å². The minimum atomic E-state index is -0.250. The number of alkyl halides is 1. The van der Waals surface area contributed by atoms with Crippen LogP contribution in [0.25, 0.3) is 0 Å². The number of halogens is 2. The van der Waals surface area contributed by atoms with Gasteiger partial charge in [0.25, 0.3) is 0 Å². The third-order valence-electron chi connectivity index (χ3n) is 2.77. The third-order valence-corrected chi connectivity index (χ3v) is 3.06. The highest BCUT2D eigenvalue weighted by Crippen LogP contribution is 2.26. The number of hydrogen-bond acceptors (Lipinski definition) is 2. The van der Waals surface area contributed by atoms with Crippen molar-refractivity contribution in [3.8, 4) is 0 Å². The molecule has 2 aromatic rings. The summed E-state index contributed by atoms with van der Waals surface area (Å²) < 4.78 is 15.6. The fraction of sp³-hybridized carbons (Fsp3) is 0.308. The van der Waals surface area contributed by atoms with Gasteiger partial charge >= 0.3 is 0 Å². The molecule has 3 nitrogen and oxygen atoms in total. The van der Waals surface area contributed by atoms with Gasteiger partial charge in [0.1, 0.15) is 5.82 Å². The number of nitrogens with zero attached hydrogens (tertiary/aromatic N) is 3. The molecule has 0 N–H and O–H groups in total.